The minimum atomic E-state index is -0.829. The van der Waals surface area contributed by atoms with Crippen molar-refractivity contribution >= 4 is 22.8 Å². The number of aromatic nitrogens is 4. The van der Waals surface area contributed by atoms with Crippen LogP contribution in [0.4, 0.5) is 11.8 Å². The van der Waals surface area contributed by atoms with Crippen LogP contribution in [-0.2, 0) is 11.2 Å². The third kappa shape index (κ3) is 4.98. The first-order chi connectivity index (χ1) is 16.7. The predicted molar refractivity (Wildman–Crippen MR) is 132 cm³/mol. The van der Waals surface area contributed by atoms with E-state index in [1.807, 2.05) is 18.2 Å². The molecule has 8 nitrogen and oxygen atoms in total. The molecule has 1 aromatic carbocycles. The topological polar surface area (TPSA) is 96.3 Å². The Morgan fingerprint density at radius 1 is 1.06 bits per heavy atom. The maximum absolute atomic E-state index is 10.9. The molecule has 1 unspecified atom stereocenters. The monoisotopic (exact) mass is 456 g/mol. The van der Waals surface area contributed by atoms with Crippen LogP contribution in [0.5, 0.6) is 0 Å². The molecule has 34 heavy (non-hydrogen) atoms. The highest BCUT2D eigenvalue weighted by Crippen LogP contribution is 2.28. The van der Waals surface area contributed by atoms with Gasteiger partial charge in [0.15, 0.2) is 5.82 Å². The zero-order chi connectivity index (χ0) is 23.3. The Morgan fingerprint density at radius 3 is 2.74 bits per heavy atom. The lowest BCUT2D eigenvalue weighted by molar-refractivity contribution is 0.122. The second kappa shape index (κ2) is 10.1. The summed E-state index contributed by atoms with van der Waals surface area (Å²) in [6.45, 7) is 5.61. The van der Waals surface area contributed by atoms with Gasteiger partial charge in [-0.25, -0.2) is 4.98 Å². The average molecular weight is 457 g/mol. The number of aryl methyl sites for hydroxylation is 1. The Labute approximate surface area is 198 Å². The summed E-state index contributed by atoms with van der Waals surface area (Å²) in [4.78, 5) is 20.5. The van der Waals surface area contributed by atoms with Gasteiger partial charge in [-0.15, -0.1) is 0 Å². The molecule has 4 heterocycles. The Morgan fingerprint density at radius 2 is 1.94 bits per heavy atom. The van der Waals surface area contributed by atoms with E-state index in [0.717, 1.165) is 25.3 Å². The molecule has 1 aliphatic rings. The number of hydrogen-bond acceptors (Lipinski definition) is 8. The van der Waals surface area contributed by atoms with E-state index in [-0.39, 0.29) is 0 Å². The van der Waals surface area contributed by atoms with Crippen molar-refractivity contribution in [1.29, 1.82) is 0 Å². The molecule has 3 aromatic heterocycles. The molecule has 8 heteroatoms. The van der Waals surface area contributed by atoms with E-state index in [1.165, 1.54) is 11.1 Å². The largest absolute Gasteiger partial charge is 0.384 e. The number of rotatable bonds is 7. The molecule has 2 N–H and O–H groups in total. The number of aliphatic hydroxyl groups excluding tert-OH is 1. The number of pyridine rings is 2. The third-order valence-electron chi connectivity index (χ3n) is 5.94. The first-order valence-electron chi connectivity index (χ1n) is 11.6. The fourth-order valence-corrected chi connectivity index (χ4v) is 4.16. The van der Waals surface area contributed by atoms with Crippen molar-refractivity contribution in [2.75, 3.05) is 43.1 Å². The number of hydrogen-bond donors (Lipinski definition) is 2. The normalized spacial score (nSPS) is 14.8. The zero-order valence-electron chi connectivity index (χ0n) is 19.2. The minimum absolute atomic E-state index is 0.552. The van der Waals surface area contributed by atoms with Crippen LogP contribution in [0.2, 0.25) is 0 Å². The first kappa shape index (κ1) is 22.2. The van der Waals surface area contributed by atoms with Gasteiger partial charge in [0.1, 0.15) is 11.6 Å². The van der Waals surface area contributed by atoms with Gasteiger partial charge in [-0.3, -0.25) is 9.97 Å². The summed E-state index contributed by atoms with van der Waals surface area (Å²) in [5.41, 5.74) is 5.30. The molecule has 5 rings (SSSR count). The van der Waals surface area contributed by atoms with Crippen molar-refractivity contribution in [3.05, 3.63) is 83.3 Å². The van der Waals surface area contributed by atoms with Crippen molar-refractivity contribution in [1.82, 2.24) is 19.9 Å². The number of morpholine rings is 1. The zero-order valence-corrected chi connectivity index (χ0v) is 19.2. The van der Waals surface area contributed by atoms with Gasteiger partial charge >= 0.3 is 0 Å². The van der Waals surface area contributed by atoms with Gasteiger partial charge in [0.05, 0.1) is 18.7 Å². The fraction of sp³-hybridized carbons (Fsp3) is 0.308. The second-order valence-corrected chi connectivity index (χ2v) is 8.46. The quantitative estimate of drug-likeness (QED) is 0.437. The van der Waals surface area contributed by atoms with Gasteiger partial charge in [0.25, 0.3) is 0 Å². The van der Waals surface area contributed by atoms with E-state index in [4.69, 9.17) is 14.7 Å². The third-order valence-corrected chi connectivity index (χ3v) is 5.94. The Hall–Kier alpha value is -3.62. The molecule has 0 bridgehead atoms. The van der Waals surface area contributed by atoms with Crippen LogP contribution < -0.4 is 10.2 Å². The van der Waals surface area contributed by atoms with Crippen LogP contribution in [0.15, 0.2) is 61.1 Å². The number of nitrogens with zero attached hydrogens (tertiary/aromatic N) is 5. The number of anilines is 2. The number of ether oxygens (including phenoxy) is 1. The summed E-state index contributed by atoms with van der Waals surface area (Å²) in [6.07, 6.45) is 5.08. The molecule has 0 amide bonds. The molecule has 0 saturated carbocycles. The molecule has 0 aliphatic carbocycles. The Balaban J connectivity index is 1.45. The molecule has 0 radical (unpaired) electrons. The van der Waals surface area contributed by atoms with E-state index in [0.29, 0.717) is 47.9 Å². The molecular weight excluding hydrogens is 428 g/mol. The van der Waals surface area contributed by atoms with Gasteiger partial charge in [0, 0.05) is 49.4 Å². The highest BCUT2D eigenvalue weighted by molar-refractivity contribution is 5.87. The molecule has 0 spiro atoms. The number of aliphatic hydroxyl groups is 1. The van der Waals surface area contributed by atoms with Crippen LogP contribution in [0.25, 0.3) is 11.0 Å². The second-order valence-electron chi connectivity index (χ2n) is 8.46. The number of nitrogens with one attached hydrogen (secondary N) is 1. The Bertz CT molecular complexity index is 1260. The smallest absolute Gasteiger partial charge is 0.225 e. The van der Waals surface area contributed by atoms with Crippen molar-refractivity contribution in [3.63, 3.8) is 0 Å². The van der Waals surface area contributed by atoms with Crippen molar-refractivity contribution < 1.29 is 9.84 Å². The van der Waals surface area contributed by atoms with E-state index >= 15 is 0 Å². The lowest BCUT2D eigenvalue weighted by atomic mass is 10.0. The highest BCUT2D eigenvalue weighted by atomic mass is 16.5. The van der Waals surface area contributed by atoms with E-state index < -0.39 is 6.10 Å². The van der Waals surface area contributed by atoms with Gasteiger partial charge in [-0.2, -0.15) is 4.98 Å². The maximum atomic E-state index is 10.9. The predicted octanol–water partition coefficient (Wildman–Crippen LogP) is 3.30. The van der Waals surface area contributed by atoms with Crippen LogP contribution in [0, 0.1) is 6.92 Å². The van der Waals surface area contributed by atoms with E-state index in [2.05, 4.69) is 51.4 Å². The summed E-state index contributed by atoms with van der Waals surface area (Å²) in [6, 6.07) is 14.0. The van der Waals surface area contributed by atoms with Crippen molar-refractivity contribution in [3.8, 4) is 0 Å². The molecule has 1 aliphatic heterocycles. The van der Waals surface area contributed by atoms with Crippen molar-refractivity contribution in [2.24, 2.45) is 0 Å². The average Bonchev–Trinajstić information content (AvgIpc) is 2.88. The lowest BCUT2D eigenvalue weighted by Crippen LogP contribution is -2.37. The van der Waals surface area contributed by atoms with Crippen LogP contribution in [0.3, 0.4) is 0 Å². The summed E-state index contributed by atoms with van der Waals surface area (Å²) < 4.78 is 5.53. The highest BCUT2D eigenvalue weighted by Gasteiger charge is 2.20. The van der Waals surface area contributed by atoms with Gasteiger partial charge < -0.3 is 20.1 Å². The molecule has 4 aromatic rings. The summed E-state index contributed by atoms with van der Waals surface area (Å²) in [5, 5.41) is 14.2. The van der Waals surface area contributed by atoms with Gasteiger partial charge in [0.2, 0.25) is 5.95 Å². The van der Waals surface area contributed by atoms with Crippen LogP contribution in [-0.4, -0.2) is 57.9 Å². The molecule has 1 atom stereocenters. The number of fused-ring (bicyclic) bond motifs is 1. The SMILES string of the molecule is Cc1cccc(CCNc2nc(N3CCOCC3)c3ncc(C(O)c4cccnc4)cc3n2)c1. The van der Waals surface area contributed by atoms with Crippen LogP contribution >= 0.6 is 0 Å². The standard InChI is InChI=1S/C26H28N6O2/c1-18-4-2-5-19(14-18)7-9-28-26-30-22-15-21(24(33)20-6-3-8-27-16-20)17-29-23(22)25(31-26)32-10-12-34-13-11-32/h2-6,8,14-17,24,33H,7,9-13H2,1H3,(H,28,30,31). The molecular formula is C26H28N6O2. The Kier molecular flexibility index (Phi) is 6.60. The molecule has 1 fully saturated rings. The van der Waals surface area contributed by atoms with E-state index in [9.17, 15) is 5.11 Å². The summed E-state index contributed by atoms with van der Waals surface area (Å²) >= 11 is 0. The summed E-state index contributed by atoms with van der Waals surface area (Å²) in [5.74, 6) is 1.34. The maximum Gasteiger partial charge on any atom is 0.225 e. The number of benzene rings is 1. The lowest BCUT2D eigenvalue weighted by Gasteiger charge is -2.28. The summed E-state index contributed by atoms with van der Waals surface area (Å²) in [7, 11) is 0. The fourth-order valence-electron chi connectivity index (χ4n) is 4.16. The van der Waals surface area contributed by atoms with Crippen LogP contribution in [0.1, 0.15) is 28.4 Å². The molecule has 1 saturated heterocycles. The van der Waals surface area contributed by atoms with Gasteiger partial charge in [-0.05, 0) is 31.0 Å². The van der Waals surface area contributed by atoms with Crippen molar-refractivity contribution in [2.45, 2.75) is 19.4 Å². The van der Waals surface area contributed by atoms with E-state index in [1.54, 1.807) is 18.6 Å². The minimum Gasteiger partial charge on any atom is -0.384 e. The molecule has 174 valence electrons. The van der Waals surface area contributed by atoms with Gasteiger partial charge in [-0.1, -0.05) is 35.9 Å². The first-order valence-corrected chi connectivity index (χ1v) is 11.6.